The maximum absolute atomic E-state index is 10.4. The standard InChI is InChI=1S/C7H5N3O4/c1-3-4(2-8-13-3)6-9-5(7(11)12)10-14-6/h2H,1H3,(H,11,12). The van der Waals surface area contributed by atoms with E-state index in [1.165, 1.54) is 6.20 Å². The van der Waals surface area contributed by atoms with E-state index in [9.17, 15) is 4.79 Å². The molecule has 0 radical (unpaired) electrons. The SMILES string of the molecule is Cc1oncc1-c1nc(C(=O)O)no1. The Hall–Kier alpha value is -2.18. The van der Waals surface area contributed by atoms with Gasteiger partial charge >= 0.3 is 5.97 Å². The van der Waals surface area contributed by atoms with Gasteiger partial charge in [-0.25, -0.2) is 4.79 Å². The molecular weight excluding hydrogens is 190 g/mol. The molecule has 0 atom stereocenters. The smallest absolute Gasteiger partial charge is 0.377 e. The first-order valence-electron chi connectivity index (χ1n) is 3.67. The van der Waals surface area contributed by atoms with Crippen LogP contribution in [0.4, 0.5) is 0 Å². The highest BCUT2D eigenvalue weighted by Gasteiger charge is 2.17. The minimum Gasteiger partial charge on any atom is -0.475 e. The molecular formula is C7H5N3O4. The number of rotatable bonds is 2. The average Bonchev–Trinajstić information content (AvgIpc) is 2.71. The molecule has 0 spiro atoms. The summed E-state index contributed by atoms with van der Waals surface area (Å²) in [4.78, 5) is 14.1. The zero-order valence-electron chi connectivity index (χ0n) is 7.09. The summed E-state index contributed by atoms with van der Waals surface area (Å²) in [7, 11) is 0. The van der Waals surface area contributed by atoms with E-state index in [-0.39, 0.29) is 11.7 Å². The fraction of sp³-hybridized carbons (Fsp3) is 0.143. The van der Waals surface area contributed by atoms with Crippen LogP contribution >= 0.6 is 0 Å². The number of carbonyl (C=O) groups is 1. The summed E-state index contributed by atoms with van der Waals surface area (Å²) in [6.07, 6.45) is 1.38. The number of aryl methyl sites for hydroxylation is 1. The summed E-state index contributed by atoms with van der Waals surface area (Å²) >= 11 is 0. The molecule has 0 saturated heterocycles. The topological polar surface area (TPSA) is 102 Å². The molecule has 0 aromatic carbocycles. The van der Waals surface area contributed by atoms with Gasteiger partial charge in [0.05, 0.1) is 6.20 Å². The highest BCUT2D eigenvalue weighted by Crippen LogP contribution is 2.20. The lowest BCUT2D eigenvalue weighted by Crippen LogP contribution is -1.98. The molecule has 0 unspecified atom stereocenters. The highest BCUT2D eigenvalue weighted by molar-refractivity contribution is 5.83. The Balaban J connectivity index is 2.43. The molecule has 0 aliphatic rings. The van der Waals surface area contributed by atoms with Crippen LogP contribution < -0.4 is 0 Å². The number of hydrogen-bond acceptors (Lipinski definition) is 6. The quantitative estimate of drug-likeness (QED) is 0.753. The van der Waals surface area contributed by atoms with Crippen LogP contribution in [-0.4, -0.2) is 26.4 Å². The Kier molecular flexibility index (Phi) is 1.77. The van der Waals surface area contributed by atoms with Gasteiger partial charge in [0, 0.05) is 0 Å². The molecule has 7 nitrogen and oxygen atoms in total. The number of carboxylic acid groups (broad SMARTS) is 1. The van der Waals surface area contributed by atoms with Gasteiger partial charge in [0.1, 0.15) is 11.3 Å². The van der Waals surface area contributed by atoms with Crippen LogP contribution in [0.15, 0.2) is 15.2 Å². The van der Waals surface area contributed by atoms with Crippen molar-refractivity contribution < 1.29 is 18.9 Å². The van der Waals surface area contributed by atoms with Gasteiger partial charge in [-0.2, -0.15) is 4.98 Å². The first kappa shape index (κ1) is 8.42. The van der Waals surface area contributed by atoms with Crippen molar-refractivity contribution in [1.29, 1.82) is 0 Å². The van der Waals surface area contributed by atoms with E-state index >= 15 is 0 Å². The molecule has 2 heterocycles. The molecule has 0 fully saturated rings. The molecule has 14 heavy (non-hydrogen) atoms. The van der Waals surface area contributed by atoms with Crippen LogP contribution in [0, 0.1) is 6.92 Å². The number of carboxylic acids is 1. The van der Waals surface area contributed by atoms with Crippen LogP contribution in [0.1, 0.15) is 16.4 Å². The van der Waals surface area contributed by atoms with Gasteiger partial charge in [-0.3, -0.25) is 0 Å². The molecule has 0 aliphatic carbocycles. The predicted octanol–water partition coefficient (Wildman–Crippen LogP) is 0.731. The minimum absolute atomic E-state index is 0.0844. The van der Waals surface area contributed by atoms with Gasteiger partial charge in [0.15, 0.2) is 0 Å². The molecule has 2 rings (SSSR count). The first-order chi connectivity index (χ1) is 6.68. The van der Waals surface area contributed by atoms with E-state index in [0.717, 1.165) is 0 Å². The van der Waals surface area contributed by atoms with Crippen molar-refractivity contribution in [2.75, 3.05) is 0 Å². The third-order valence-electron chi connectivity index (χ3n) is 1.60. The van der Waals surface area contributed by atoms with Gasteiger partial charge in [-0.05, 0) is 12.1 Å². The lowest BCUT2D eigenvalue weighted by molar-refractivity contribution is 0.0680. The second kappa shape index (κ2) is 2.95. The van der Waals surface area contributed by atoms with E-state index in [1.54, 1.807) is 6.92 Å². The third-order valence-corrected chi connectivity index (χ3v) is 1.60. The van der Waals surface area contributed by atoms with Crippen molar-refractivity contribution >= 4 is 5.97 Å². The summed E-state index contributed by atoms with van der Waals surface area (Å²) < 4.78 is 9.47. The Bertz CT molecular complexity index is 473. The van der Waals surface area contributed by atoms with Crippen molar-refractivity contribution in [3.05, 3.63) is 17.8 Å². The summed E-state index contributed by atoms with van der Waals surface area (Å²) in [5, 5.41) is 15.3. The third kappa shape index (κ3) is 1.24. The lowest BCUT2D eigenvalue weighted by Gasteiger charge is -1.84. The monoisotopic (exact) mass is 195 g/mol. The summed E-state index contributed by atoms with van der Waals surface area (Å²) in [6.45, 7) is 1.66. The van der Waals surface area contributed by atoms with E-state index in [4.69, 9.17) is 14.2 Å². The van der Waals surface area contributed by atoms with Crippen molar-refractivity contribution in [2.45, 2.75) is 6.92 Å². The Morgan fingerprint density at radius 3 is 2.79 bits per heavy atom. The molecule has 0 bridgehead atoms. The lowest BCUT2D eigenvalue weighted by atomic mass is 10.3. The molecule has 1 N–H and O–H groups in total. The maximum atomic E-state index is 10.4. The largest absolute Gasteiger partial charge is 0.475 e. The van der Waals surface area contributed by atoms with Crippen molar-refractivity contribution in [3.63, 3.8) is 0 Å². The van der Waals surface area contributed by atoms with E-state index in [0.29, 0.717) is 11.3 Å². The van der Waals surface area contributed by atoms with Crippen molar-refractivity contribution in [1.82, 2.24) is 15.3 Å². The fourth-order valence-electron chi connectivity index (χ4n) is 0.924. The fourth-order valence-corrected chi connectivity index (χ4v) is 0.924. The van der Waals surface area contributed by atoms with Crippen LogP contribution in [0.3, 0.4) is 0 Å². The highest BCUT2D eigenvalue weighted by atomic mass is 16.5. The van der Waals surface area contributed by atoms with Crippen LogP contribution in [0.5, 0.6) is 0 Å². The molecule has 2 aromatic heterocycles. The van der Waals surface area contributed by atoms with Crippen molar-refractivity contribution in [2.24, 2.45) is 0 Å². The number of aromatic carboxylic acids is 1. The van der Waals surface area contributed by atoms with E-state index in [2.05, 4.69) is 15.3 Å². The second-order valence-corrected chi connectivity index (χ2v) is 2.52. The zero-order chi connectivity index (χ0) is 10.1. The van der Waals surface area contributed by atoms with Gasteiger partial charge in [0.2, 0.25) is 0 Å². The molecule has 2 aromatic rings. The average molecular weight is 195 g/mol. The number of aromatic nitrogens is 3. The molecule has 72 valence electrons. The zero-order valence-corrected chi connectivity index (χ0v) is 7.09. The predicted molar refractivity (Wildman–Crippen MR) is 41.5 cm³/mol. The van der Waals surface area contributed by atoms with Gasteiger partial charge in [0.25, 0.3) is 11.7 Å². The summed E-state index contributed by atoms with van der Waals surface area (Å²) in [5.41, 5.74) is 0.491. The van der Waals surface area contributed by atoms with Crippen LogP contribution in [0.25, 0.3) is 11.5 Å². The Morgan fingerprint density at radius 2 is 2.29 bits per heavy atom. The Labute approximate surface area is 77.3 Å². The summed E-state index contributed by atoms with van der Waals surface area (Å²) in [6, 6.07) is 0. The first-order valence-corrected chi connectivity index (χ1v) is 3.67. The normalized spacial score (nSPS) is 10.4. The minimum atomic E-state index is -1.24. The maximum Gasteiger partial charge on any atom is 0.377 e. The van der Waals surface area contributed by atoms with E-state index < -0.39 is 5.97 Å². The summed E-state index contributed by atoms with van der Waals surface area (Å²) in [5.74, 6) is -1.05. The molecule has 0 aliphatic heterocycles. The van der Waals surface area contributed by atoms with Crippen LogP contribution in [-0.2, 0) is 0 Å². The number of nitrogens with zero attached hydrogens (tertiary/aromatic N) is 3. The number of hydrogen-bond donors (Lipinski definition) is 1. The van der Waals surface area contributed by atoms with E-state index in [1.807, 2.05) is 0 Å². The molecule has 0 amide bonds. The van der Waals surface area contributed by atoms with Crippen molar-refractivity contribution in [3.8, 4) is 11.5 Å². The van der Waals surface area contributed by atoms with Crippen LogP contribution in [0.2, 0.25) is 0 Å². The molecule has 7 heteroatoms. The van der Waals surface area contributed by atoms with Gasteiger partial charge in [-0.1, -0.05) is 5.16 Å². The molecule has 0 saturated carbocycles. The Morgan fingerprint density at radius 1 is 1.50 bits per heavy atom. The van der Waals surface area contributed by atoms with Gasteiger partial charge in [-0.15, -0.1) is 0 Å². The second-order valence-electron chi connectivity index (χ2n) is 2.52. The van der Waals surface area contributed by atoms with Gasteiger partial charge < -0.3 is 14.2 Å².